The Bertz CT molecular complexity index is 950. The summed E-state index contributed by atoms with van der Waals surface area (Å²) in [6.45, 7) is 3.91. The highest BCUT2D eigenvalue weighted by molar-refractivity contribution is 5.50. The maximum Gasteiger partial charge on any atom is 0.421 e. The maximum absolute atomic E-state index is 14.1. The molecule has 0 aromatic heterocycles. The summed E-state index contributed by atoms with van der Waals surface area (Å²) >= 11 is 0. The second kappa shape index (κ2) is 7.80. The van der Waals surface area contributed by atoms with E-state index in [-0.39, 0.29) is 18.1 Å². The van der Waals surface area contributed by atoms with Gasteiger partial charge in [-0.2, -0.15) is 13.2 Å². The van der Waals surface area contributed by atoms with Crippen molar-refractivity contribution in [2.24, 2.45) is 5.84 Å². The number of fused-ring (bicyclic) bond motifs is 1. The van der Waals surface area contributed by atoms with E-state index in [1.54, 1.807) is 19.2 Å². The van der Waals surface area contributed by atoms with Gasteiger partial charge in [0.15, 0.2) is 5.60 Å². The van der Waals surface area contributed by atoms with Crippen LogP contribution >= 0.6 is 0 Å². The number of ether oxygens (including phenoxy) is 2. The van der Waals surface area contributed by atoms with Gasteiger partial charge in [0, 0.05) is 12.5 Å². The Kier molecular flexibility index (Phi) is 5.56. The third-order valence-corrected chi connectivity index (χ3v) is 7.17. The zero-order chi connectivity index (χ0) is 22.4. The molecule has 168 valence electrons. The number of hydrogen-bond acceptors (Lipinski definition) is 4. The van der Waals surface area contributed by atoms with Gasteiger partial charge in [-0.05, 0) is 67.5 Å². The average Bonchev–Trinajstić information content (AvgIpc) is 2.75. The third kappa shape index (κ3) is 3.43. The van der Waals surface area contributed by atoms with Crippen LogP contribution in [-0.4, -0.2) is 31.4 Å². The van der Waals surface area contributed by atoms with Crippen LogP contribution < -0.4 is 10.6 Å². The quantitative estimate of drug-likeness (QED) is 0.690. The number of hydrogen-bond donors (Lipinski definition) is 1. The molecule has 1 unspecified atom stereocenters. The average molecular weight is 435 g/mol. The summed E-state index contributed by atoms with van der Waals surface area (Å²) < 4.78 is 53.2. The number of methoxy groups -OCH3 is 1. The molecule has 0 saturated carbocycles. The molecule has 4 rings (SSSR count). The molecule has 0 bridgehead atoms. The van der Waals surface area contributed by atoms with Crippen LogP contribution in [-0.2, 0) is 22.3 Å². The molecule has 0 spiro atoms. The Morgan fingerprint density at radius 1 is 1.16 bits per heavy atom. The van der Waals surface area contributed by atoms with Crippen LogP contribution in [0.3, 0.4) is 0 Å². The standard InChI is InChI=1S/C24H29F3N2O2/c1-22(17-8-5-4-6-9-17)19(10-7-12-29(22)28)18-15-20-16(14-21(18)30-3)11-13-31-23(20,2)24(25,26)27/h4-6,8-9,14-15,19H,7,10-13,28H2,1-3H3/t19-,22+,23?/m0/s1. The van der Waals surface area contributed by atoms with Crippen LogP contribution in [0.25, 0.3) is 0 Å². The van der Waals surface area contributed by atoms with Crippen LogP contribution in [0.15, 0.2) is 42.5 Å². The van der Waals surface area contributed by atoms with Gasteiger partial charge in [-0.3, -0.25) is 5.84 Å². The van der Waals surface area contributed by atoms with E-state index in [0.29, 0.717) is 24.3 Å². The zero-order valence-corrected chi connectivity index (χ0v) is 18.1. The largest absolute Gasteiger partial charge is 0.496 e. The number of halogens is 3. The lowest BCUT2D eigenvalue weighted by atomic mass is 9.69. The number of hydrazine groups is 1. The van der Waals surface area contributed by atoms with Crippen molar-refractivity contribution in [2.75, 3.05) is 20.3 Å². The Morgan fingerprint density at radius 3 is 2.52 bits per heavy atom. The lowest BCUT2D eigenvalue weighted by molar-refractivity contribution is -0.281. The molecular formula is C24H29F3N2O2. The van der Waals surface area contributed by atoms with Crippen molar-refractivity contribution < 1.29 is 22.6 Å². The molecule has 0 aliphatic carbocycles. The van der Waals surface area contributed by atoms with Crippen molar-refractivity contribution in [3.63, 3.8) is 0 Å². The van der Waals surface area contributed by atoms with Crippen molar-refractivity contribution in [3.8, 4) is 5.75 Å². The molecule has 2 N–H and O–H groups in total. The molecule has 0 amide bonds. The van der Waals surface area contributed by atoms with Crippen molar-refractivity contribution in [1.29, 1.82) is 0 Å². The van der Waals surface area contributed by atoms with Gasteiger partial charge in [-0.15, -0.1) is 0 Å². The summed E-state index contributed by atoms with van der Waals surface area (Å²) in [6.07, 6.45) is -2.47. The van der Waals surface area contributed by atoms with E-state index < -0.39 is 17.3 Å². The Morgan fingerprint density at radius 2 is 1.87 bits per heavy atom. The van der Waals surface area contributed by atoms with Crippen molar-refractivity contribution in [3.05, 3.63) is 64.7 Å². The maximum atomic E-state index is 14.1. The second-order valence-electron chi connectivity index (χ2n) is 8.78. The molecule has 2 aliphatic rings. The first-order valence-corrected chi connectivity index (χ1v) is 10.6. The molecule has 31 heavy (non-hydrogen) atoms. The smallest absolute Gasteiger partial charge is 0.421 e. The van der Waals surface area contributed by atoms with Gasteiger partial charge >= 0.3 is 6.18 Å². The van der Waals surface area contributed by atoms with Crippen LogP contribution in [0.1, 0.15) is 54.9 Å². The van der Waals surface area contributed by atoms with Crippen molar-refractivity contribution in [1.82, 2.24) is 5.01 Å². The first kappa shape index (κ1) is 22.1. The normalized spacial score (nSPS) is 29.5. The van der Waals surface area contributed by atoms with E-state index in [2.05, 4.69) is 6.92 Å². The predicted molar refractivity (Wildman–Crippen MR) is 113 cm³/mol. The molecule has 1 saturated heterocycles. The number of alkyl halides is 3. The molecule has 0 radical (unpaired) electrons. The summed E-state index contributed by atoms with van der Waals surface area (Å²) in [6, 6.07) is 13.3. The van der Waals surface area contributed by atoms with Gasteiger partial charge < -0.3 is 9.47 Å². The van der Waals surface area contributed by atoms with Crippen molar-refractivity contribution >= 4 is 0 Å². The summed E-state index contributed by atoms with van der Waals surface area (Å²) in [5, 5.41) is 1.81. The molecule has 2 aromatic rings. The van der Waals surface area contributed by atoms with E-state index in [1.807, 2.05) is 35.3 Å². The van der Waals surface area contributed by atoms with Crippen LogP contribution in [0.4, 0.5) is 13.2 Å². The summed E-state index contributed by atoms with van der Waals surface area (Å²) in [7, 11) is 1.57. The third-order valence-electron chi connectivity index (χ3n) is 7.17. The number of nitrogens with two attached hydrogens (primary N) is 1. The minimum atomic E-state index is -4.52. The molecule has 3 atom stereocenters. The summed E-state index contributed by atoms with van der Waals surface area (Å²) in [5.74, 6) is 6.97. The topological polar surface area (TPSA) is 47.7 Å². The van der Waals surface area contributed by atoms with Gasteiger partial charge in [0.25, 0.3) is 0 Å². The van der Waals surface area contributed by atoms with E-state index in [4.69, 9.17) is 15.3 Å². The Labute approximate surface area is 181 Å². The van der Waals surface area contributed by atoms with Gasteiger partial charge in [0.2, 0.25) is 0 Å². The Hall–Kier alpha value is -2.09. The number of nitrogens with zero attached hydrogens (tertiary/aromatic N) is 1. The summed E-state index contributed by atoms with van der Waals surface area (Å²) in [4.78, 5) is 0. The van der Waals surface area contributed by atoms with Gasteiger partial charge in [-0.25, -0.2) is 5.01 Å². The first-order chi connectivity index (χ1) is 14.6. The lowest BCUT2D eigenvalue weighted by Crippen LogP contribution is -2.55. The Balaban J connectivity index is 1.92. The van der Waals surface area contributed by atoms with E-state index in [9.17, 15) is 13.2 Å². The molecule has 7 heteroatoms. The lowest BCUT2D eigenvalue weighted by Gasteiger charge is -2.49. The van der Waals surface area contributed by atoms with Gasteiger partial charge in [0.05, 0.1) is 19.3 Å². The van der Waals surface area contributed by atoms with Gasteiger partial charge in [-0.1, -0.05) is 30.3 Å². The highest BCUT2D eigenvalue weighted by Gasteiger charge is 2.56. The molecule has 2 aromatic carbocycles. The minimum absolute atomic E-state index is 0.0211. The highest BCUT2D eigenvalue weighted by atomic mass is 19.4. The summed E-state index contributed by atoms with van der Waals surface area (Å²) in [5.41, 5.74) is -0.381. The molecule has 2 aliphatic heterocycles. The fraction of sp³-hybridized carbons (Fsp3) is 0.500. The highest BCUT2D eigenvalue weighted by Crippen LogP contribution is 2.52. The van der Waals surface area contributed by atoms with Crippen molar-refractivity contribution in [2.45, 2.75) is 56.3 Å². The molecule has 4 nitrogen and oxygen atoms in total. The molecule has 2 heterocycles. The molecular weight excluding hydrogens is 405 g/mol. The number of benzene rings is 2. The van der Waals surface area contributed by atoms with E-state index >= 15 is 0 Å². The van der Waals surface area contributed by atoms with Gasteiger partial charge in [0.1, 0.15) is 5.75 Å². The van der Waals surface area contributed by atoms with Crippen LogP contribution in [0, 0.1) is 0 Å². The monoisotopic (exact) mass is 434 g/mol. The van der Waals surface area contributed by atoms with E-state index in [0.717, 1.165) is 30.9 Å². The first-order valence-electron chi connectivity index (χ1n) is 10.6. The predicted octanol–water partition coefficient (Wildman–Crippen LogP) is 5.01. The van der Waals surface area contributed by atoms with Crippen LogP contribution in [0.5, 0.6) is 5.75 Å². The van der Waals surface area contributed by atoms with Crippen LogP contribution in [0.2, 0.25) is 0 Å². The minimum Gasteiger partial charge on any atom is -0.496 e. The number of piperidine rings is 1. The number of rotatable bonds is 3. The zero-order valence-electron chi connectivity index (χ0n) is 18.1. The van der Waals surface area contributed by atoms with E-state index in [1.165, 1.54) is 0 Å². The SMILES string of the molecule is COc1cc2c(cc1[C@@H]1CCCN(N)[C@]1(C)c1ccccc1)C(C)(C(F)(F)F)OCC2. The fourth-order valence-electron chi connectivity index (χ4n) is 5.20. The molecule has 1 fully saturated rings. The second-order valence-corrected chi connectivity index (χ2v) is 8.78. The fourth-order valence-corrected chi connectivity index (χ4v) is 5.20.